The molecule has 0 aliphatic carbocycles. The average molecular weight is 315 g/mol. The molecule has 1 saturated heterocycles. The molecule has 0 saturated carbocycles. The van der Waals surface area contributed by atoms with Crippen molar-refractivity contribution in [3.63, 3.8) is 0 Å². The predicted molar refractivity (Wildman–Crippen MR) is 82.3 cm³/mol. The Hall–Kier alpha value is -0.630. The highest BCUT2D eigenvalue weighted by molar-refractivity contribution is 7.99. The Morgan fingerprint density at radius 2 is 2.10 bits per heavy atom. The quantitative estimate of drug-likeness (QED) is 0.829. The van der Waals surface area contributed by atoms with Crippen LogP contribution in [0, 0.1) is 0 Å². The van der Waals surface area contributed by atoms with Gasteiger partial charge in [-0.05, 0) is 42.5 Å². The van der Waals surface area contributed by atoms with Crippen LogP contribution in [0.4, 0.5) is 0 Å². The Bertz CT molecular complexity index is 511. The third-order valence-corrected chi connectivity index (χ3v) is 5.68. The minimum atomic E-state index is -3.49. The topological polar surface area (TPSA) is 71.1 Å². The van der Waals surface area contributed by atoms with Gasteiger partial charge in [-0.2, -0.15) is 11.8 Å². The van der Waals surface area contributed by atoms with Gasteiger partial charge >= 0.3 is 0 Å². The van der Waals surface area contributed by atoms with E-state index in [0.717, 1.165) is 36.5 Å². The maximum Gasteiger partial charge on any atom is 0.258 e. The van der Waals surface area contributed by atoms with Gasteiger partial charge in [0, 0.05) is 18.8 Å². The summed E-state index contributed by atoms with van der Waals surface area (Å²) in [7, 11) is -3.49. The molecule has 1 aliphatic rings. The Morgan fingerprint density at radius 3 is 2.70 bits per heavy atom. The first-order valence-electron chi connectivity index (χ1n) is 6.87. The number of aromatic nitrogens is 1. The molecule has 112 valence electrons. The number of nitrogens with one attached hydrogen (secondary N) is 2. The third-order valence-electron chi connectivity index (χ3n) is 3.20. The van der Waals surface area contributed by atoms with E-state index in [4.69, 9.17) is 0 Å². The van der Waals surface area contributed by atoms with E-state index in [2.05, 4.69) is 15.0 Å². The van der Waals surface area contributed by atoms with Crippen molar-refractivity contribution in [3.8, 4) is 0 Å². The fourth-order valence-corrected chi connectivity index (χ4v) is 4.38. The van der Waals surface area contributed by atoms with Gasteiger partial charge in [0.2, 0.25) is 0 Å². The predicted octanol–water partition coefficient (Wildman–Crippen LogP) is 1.36. The smallest absolute Gasteiger partial charge is 0.258 e. The van der Waals surface area contributed by atoms with Crippen LogP contribution < -0.4 is 10.0 Å². The van der Waals surface area contributed by atoms with Gasteiger partial charge in [0.05, 0.1) is 0 Å². The van der Waals surface area contributed by atoms with Crippen LogP contribution in [-0.2, 0) is 16.6 Å². The number of nitrogens with zero attached hydrogens (tertiary/aromatic N) is 1. The highest BCUT2D eigenvalue weighted by atomic mass is 32.2. The molecule has 0 amide bonds. The molecule has 0 aromatic carbocycles. The second-order valence-corrected chi connectivity index (χ2v) is 7.68. The largest absolute Gasteiger partial charge is 0.313 e. The summed E-state index contributed by atoms with van der Waals surface area (Å²) in [5.41, 5.74) is 0.986. The molecule has 0 radical (unpaired) electrons. The zero-order chi connectivity index (χ0) is 14.4. The van der Waals surface area contributed by atoms with E-state index in [1.54, 1.807) is 18.3 Å². The van der Waals surface area contributed by atoms with Crippen LogP contribution in [-0.4, -0.2) is 37.5 Å². The molecule has 0 unspecified atom stereocenters. The van der Waals surface area contributed by atoms with Crippen LogP contribution in [0.2, 0.25) is 0 Å². The Balaban J connectivity index is 2.01. The maximum absolute atomic E-state index is 12.2. The summed E-state index contributed by atoms with van der Waals surface area (Å²) in [6, 6.07) is 3.43. The molecule has 0 spiro atoms. The zero-order valence-electron chi connectivity index (χ0n) is 11.6. The lowest BCUT2D eigenvalue weighted by atomic mass is 10.2. The average Bonchev–Trinajstić information content (AvgIpc) is 2.46. The van der Waals surface area contributed by atoms with E-state index in [-0.39, 0.29) is 11.1 Å². The van der Waals surface area contributed by atoms with E-state index in [1.807, 2.05) is 18.7 Å². The summed E-state index contributed by atoms with van der Waals surface area (Å²) in [6.45, 7) is 3.61. The SMILES string of the molecule is CCNCc1ccc(S(=O)(=O)NC2CCSCC2)nc1. The van der Waals surface area contributed by atoms with Crippen LogP contribution in [0.1, 0.15) is 25.3 Å². The van der Waals surface area contributed by atoms with Crippen molar-refractivity contribution in [2.24, 2.45) is 0 Å². The molecule has 20 heavy (non-hydrogen) atoms. The number of hydrogen-bond acceptors (Lipinski definition) is 5. The lowest BCUT2D eigenvalue weighted by molar-refractivity contribution is 0.526. The molecule has 2 rings (SSSR count). The third kappa shape index (κ3) is 4.44. The molecule has 1 aliphatic heterocycles. The number of hydrogen-bond donors (Lipinski definition) is 2. The highest BCUT2D eigenvalue weighted by Crippen LogP contribution is 2.18. The molecule has 0 atom stereocenters. The van der Waals surface area contributed by atoms with Crippen molar-refractivity contribution in [2.45, 2.75) is 37.4 Å². The van der Waals surface area contributed by atoms with Gasteiger partial charge < -0.3 is 5.32 Å². The fourth-order valence-electron chi connectivity index (χ4n) is 2.04. The van der Waals surface area contributed by atoms with Gasteiger partial charge in [-0.3, -0.25) is 0 Å². The van der Waals surface area contributed by atoms with Crippen LogP contribution >= 0.6 is 11.8 Å². The first kappa shape index (κ1) is 15.8. The number of sulfonamides is 1. The van der Waals surface area contributed by atoms with E-state index in [0.29, 0.717) is 6.54 Å². The second kappa shape index (κ2) is 7.40. The molecular formula is C13H21N3O2S2. The normalized spacial score (nSPS) is 17.2. The van der Waals surface area contributed by atoms with Crippen molar-refractivity contribution in [2.75, 3.05) is 18.1 Å². The number of pyridine rings is 1. The molecule has 0 bridgehead atoms. The molecule has 1 fully saturated rings. The summed E-state index contributed by atoms with van der Waals surface area (Å²) in [5.74, 6) is 2.03. The Labute approximate surface area is 125 Å². The van der Waals surface area contributed by atoms with E-state index < -0.39 is 10.0 Å². The summed E-state index contributed by atoms with van der Waals surface area (Å²) >= 11 is 1.87. The second-order valence-electron chi connectivity index (χ2n) is 4.79. The minimum absolute atomic E-state index is 0.0458. The number of thioether (sulfide) groups is 1. The van der Waals surface area contributed by atoms with Crippen LogP contribution in [0.3, 0.4) is 0 Å². The Morgan fingerprint density at radius 1 is 1.35 bits per heavy atom. The van der Waals surface area contributed by atoms with Gasteiger partial charge in [0.1, 0.15) is 0 Å². The number of rotatable bonds is 6. The molecule has 1 aromatic rings. The molecule has 2 heterocycles. The van der Waals surface area contributed by atoms with Crippen molar-refractivity contribution in [3.05, 3.63) is 23.9 Å². The Kier molecular flexibility index (Phi) is 5.83. The lowest BCUT2D eigenvalue weighted by Gasteiger charge is -2.22. The summed E-state index contributed by atoms with van der Waals surface area (Å²) in [6.07, 6.45) is 3.40. The van der Waals surface area contributed by atoms with Crippen molar-refractivity contribution < 1.29 is 8.42 Å². The maximum atomic E-state index is 12.2. The first-order valence-corrected chi connectivity index (χ1v) is 9.51. The molecule has 1 aromatic heterocycles. The molecular weight excluding hydrogens is 294 g/mol. The van der Waals surface area contributed by atoms with Crippen molar-refractivity contribution in [1.29, 1.82) is 0 Å². The molecule has 5 nitrogen and oxygen atoms in total. The summed E-state index contributed by atoms with van der Waals surface area (Å²) in [5, 5.41) is 3.29. The van der Waals surface area contributed by atoms with Crippen molar-refractivity contribution in [1.82, 2.24) is 15.0 Å². The van der Waals surface area contributed by atoms with Crippen LogP contribution in [0.15, 0.2) is 23.4 Å². The molecule has 7 heteroatoms. The van der Waals surface area contributed by atoms with Crippen LogP contribution in [0.25, 0.3) is 0 Å². The highest BCUT2D eigenvalue weighted by Gasteiger charge is 2.22. The summed E-state index contributed by atoms with van der Waals surface area (Å²) < 4.78 is 27.2. The van der Waals surface area contributed by atoms with Gasteiger partial charge in [-0.1, -0.05) is 13.0 Å². The van der Waals surface area contributed by atoms with Crippen molar-refractivity contribution >= 4 is 21.8 Å². The first-order chi connectivity index (χ1) is 9.62. The lowest BCUT2D eigenvalue weighted by Crippen LogP contribution is -2.37. The van der Waals surface area contributed by atoms with Gasteiger partial charge in [0.25, 0.3) is 10.0 Å². The van der Waals surface area contributed by atoms with E-state index in [9.17, 15) is 8.42 Å². The van der Waals surface area contributed by atoms with Gasteiger partial charge in [-0.15, -0.1) is 0 Å². The van der Waals surface area contributed by atoms with E-state index >= 15 is 0 Å². The zero-order valence-corrected chi connectivity index (χ0v) is 13.3. The van der Waals surface area contributed by atoms with Gasteiger partial charge in [0.15, 0.2) is 5.03 Å². The standard InChI is InChI=1S/C13H21N3O2S2/c1-2-14-9-11-3-4-13(15-10-11)20(17,18)16-12-5-7-19-8-6-12/h3-4,10,12,14,16H,2,5-9H2,1H3. The monoisotopic (exact) mass is 315 g/mol. The summed E-state index contributed by atoms with van der Waals surface area (Å²) in [4.78, 5) is 4.07. The van der Waals surface area contributed by atoms with Gasteiger partial charge in [-0.25, -0.2) is 18.1 Å². The van der Waals surface area contributed by atoms with Crippen LogP contribution in [0.5, 0.6) is 0 Å². The van der Waals surface area contributed by atoms with E-state index in [1.165, 1.54) is 0 Å². The fraction of sp³-hybridized carbons (Fsp3) is 0.615. The molecule has 2 N–H and O–H groups in total. The minimum Gasteiger partial charge on any atom is -0.313 e.